The fourth-order valence-corrected chi connectivity index (χ4v) is 2.39. The summed E-state index contributed by atoms with van der Waals surface area (Å²) < 4.78 is 6.25. The molecule has 1 aromatic carbocycles. The van der Waals surface area contributed by atoms with Gasteiger partial charge in [0.15, 0.2) is 0 Å². The molecule has 0 radical (unpaired) electrons. The first-order chi connectivity index (χ1) is 8.27. The van der Waals surface area contributed by atoms with Crippen LogP contribution in [0.25, 0.3) is 0 Å². The molecule has 2 rings (SSSR count). The largest absolute Gasteiger partial charge is 0.383 e. The second-order valence-electron chi connectivity index (χ2n) is 3.98. The minimum atomic E-state index is 0.737. The predicted octanol–water partition coefficient (Wildman–Crippen LogP) is 2.85. The molecular weight excluding hydrogens is 304 g/mol. The standard InChI is InChI=1S/C12H16BrClN2O/c13-12-10(14)2-1-3-11(12)15-4-5-16-6-8-17-9-7-16/h1-3,15H,4-9H2. The summed E-state index contributed by atoms with van der Waals surface area (Å²) in [5, 5.41) is 4.12. The molecule has 1 saturated heterocycles. The Kier molecular flexibility index (Phi) is 5.10. The zero-order chi connectivity index (χ0) is 12.1. The van der Waals surface area contributed by atoms with Gasteiger partial charge in [-0.15, -0.1) is 0 Å². The highest BCUT2D eigenvalue weighted by atomic mass is 79.9. The Labute approximate surface area is 115 Å². The zero-order valence-electron chi connectivity index (χ0n) is 9.59. The molecule has 3 nitrogen and oxygen atoms in total. The van der Waals surface area contributed by atoms with Crippen LogP contribution in [0.5, 0.6) is 0 Å². The number of anilines is 1. The first kappa shape index (κ1) is 13.1. The molecule has 94 valence electrons. The third-order valence-electron chi connectivity index (χ3n) is 2.80. The lowest BCUT2D eigenvalue weighted by molar-refractivity contribution is 0.0398. The van der Waals surface area contributed by atoms with E-state index in [9.17, 15) is 0 Å². The van der Waals surface area contributed by atoms with Gasteiger partial charge in [0.05, 0.1) is 22.7 Å². The Hall–Kier alpha value is -0.290. The molecule has 1 fully saturated rings. The predicted molar refractivity (Wildman–Crippen MR) is 74.9 cm³/mol. The van der Waals surface area contributed by atoms with Crippen LogP contribution in [0.3, 0.4) is 0 Å². The van der Waals surface area contributed by atoms with E-state index < -0.39 is 0 Å². The van der Waals surface area contributed by atoms with E-state index in [1.807, 2.05) is 18.2 Å². The molecule has 1 aliphatic heterocycles. The number of hydrogen-bond acceptors (Lipinski definition) is 3. The molecule has 1 heterocycles. The monoisotopic (exact) mass is 318 g/mol. The molecule has 5 heteroatoms. The zero-order valence-corrected chi connectivity index (χ0v) is 11.9. The molecule has 0 aromatic heterocycles. The van der Waals surface area contributed by atoms with Crippen LogP contribution in [0.1, 0.15) is 0 Å². The number of nitrogens with zero attached hydrogens (tertiary/aromatic N) is 1. The van der Waals surface area contributed by atoms with E-state index >= 15 is 0 Å². The number of rotatable bonds is 4. The molecule has 0 atom stereocenters. The van der Waals surface area contributed by atoms with E-state index in [4.69, 9.17) is 16.3 Å². The molecule has 0 amide bonds. The van der Waals surface area contributed by atoms with E-state index in [1.165, 1.54) is 0 Å². The number of ether oxygens (including phenoxy) is 1. The fourth-order valence-electron chi connectivity index (χ4n) is 1.81. The first-order valence-electron chi connectivity index (χ1n) is 5.75. The summed E-state index contributed by atoms with van der Waals surface area (Å²) in [6.07, 6.45) is 0. The molecular formula is C12H16BrClN2O. The molecule has 17 heavy (non-hydrogen) atoms. The summed E-state index contributed by atoms with van der Waals surface area (Å²) in [7, 11) is 0. The smallest absolute Gasteiger partial charge is 0.0594 e. The second-order valence-corrected chi connectivity index (χ2v) is 5.18. The lowest BCUT2D eigenvalue weighted by Crippen LogP contribution is -2.39. The topological polar surface area (TPSA) is 24.5 Å². The maximum absolute atomic E-state index is 6.03. The molecule has 0 bridgehead atoms. The van der Waals surface area contributed by atoms with Crippen LogP contribution >= 0.6 is 27.5 Å². The summed E-state index contributed by atoms with van der Waals surface area (Å²) in [6.45, 7) is 5.69. The van der Waals surface area contributed by atoms with Gasteiger partial charge >= 0.3 is 0 Å². The van der Waals surface area contributed by atoms with Crippen molar-refractivity contribution < 1.29 is 4.74 Å². The van der Waals surface area contributed by atoms with Crippen molar-refractivity contribution >= 4 is 33.2 Å². The highest BCUT2D eigenvalue weighted by molar-refractivity contribution is 9.10. The van der Waals surface area contributed by atoms with Gasteiger partial charge < -0.3 is 10.1 Å². The average Bonchev–Trinajstić information content (AvgIpc) is 2.36. The molecule has 0 aliphatic carbocycles. The van der Waals surface area contributed by atoms with Crippen LogP contribution in [0, 0.1) is 0 Å². The van der Waals surface area contributed by atoms with E-state index in [1.54, 1.807) is 0 Å². The fraction of sp³-hybridized carbons (Fsp3) is 0.500. The number of halogens is 2. The minimum absolute atomic E-state index is 0.737. The Morgan fingerprint density at radius 3 is 2.88 bits per heavy atom. The highest BCUT2D eigenvalue weighted by Crippen LogP contribution is 2.29. The van der Waals surface area contributed by atoms with Gasteiger partial charge in [0.25, 0.3) is 0 Å². The van der Waals surface area contributed by atoms with Crippen molar-refractivity contribution in [3.63, 3.8) is 0 Å². The van der Waals surface area contributed by atoms with Crippen molar-refractivity contribution in [2.24, 2.45) is 0 Å². The Morgan fingerprint density at radius 2 is 2.12 bits per heavy atom. The lowest BCUT2D eigenvalue weighted by atomic mass is 10.3. The maximum atomic E-state index is 6.03. The van der Waals surface area contributed by atoms with E-state index in [0.717, 1.165) is 54.6 Å². The van der Waals surface area contributed by atoms with Crippen LogP contribution in [0.2, 0.25) is 5.02 Å². The third-order valence-corrected chi connectivity index (χ3v) is 4.20. The van der Waals surface area contributed by atoms with Gasteiger partial charge in [-0.05, 0) is 28.1 Å². The SMILES string of the molecule is Clc1cccc(NCCN2CCOCC2)c1Br. The second kappa shape index (κ2) is 6.59. The van der Waals surface area contributed by atoms with Crippen LogP contribution in [-0.2, 0) is 4.74 Å². The molecule has 1 aliphatic rings. The van der Waals surface area contributed by atoms with Crippen molar-refractivity contribution in [1.29, 1.82) is 0 Å². The van der Waals surface area contributed by atoms with Gasteiger partial charge in [0.2, 0.25) is 0 Å². The van der Waals surface area contributed by atoms with Gasteiger partial charge in [-0.2, -0.15) is 0 Å². The third kappa shape index (κ3) is 3.85. The summed E-state index contributed by atoms with van der Waals surface area (Å²) in [5.74, 6) is 0. The Balaban J connectivity index is 1.79. The van der Waals surface area contributed by atoms with E-state index in [2.05, 4.69) is 26.1 Å². The Bertz CT molecular complexity index is 370. The number of benzene rings is 1. The van der Waals surface area contributed by atoms with Gasteiger partial charge in [-0.1, -0.05) is 17.7 Å². The summed E-state index contributed by atoms with van der Waals surface area (Å²) in [6, 6.07) is 5.85. The maximum Gasteiger partial charge on any atom is 0.0594 e. The van der Waals surface area contributed by atoms with Gasteiger partial charge in [-0.3, -0.25) is 4.90 Å². The van der Waals surface area contributed by atoms with E-state index in [-0.39, 0.29) is 0 Å². The minimum Gasteiger partial charge on any atom is -0.383 e. The van der Waals surface area contributed by atoms with Crippen LogP contribution in [-0.4, -0.2) is 44.3 Å². The quantitative estimate of drug-likeness (QED) is 0.923. The van der Waals surface area contributed by atoms with Gasteiger partial charge in [0.1, 0.15) is 0 Å². The van der Waals surface area contributed by atoms with Crippen LogP contribution < -0.4 is 5.32 Å². The molecule has 1 N–H and O–H groups in total. The summed E-state index contributed by atoms with van der Waals surface area (Å²) in [4.78, 5) is 2.40. The van der Waals surface area contributed by atoms with Crippen molar-refractivity contribution in [3.8, 4) is 0 Å². The van der Waals surface area contributed by atoms with Crippen molar-refractivity contribution in [2.75, 3.05) is 44.7 Å². The number of hydrogen-bond donors (Lipinski definition) is 1. The average molecular weight is 320 g/mol. The number of nitrogens with one attached hydrogen (secondary N) is 1. The van der Waals surface area contributed by atoms with Crippen molar-refractivity contribution in [2.45, 2.75) is 0 Å². The highest BCUT2D eigenvalue weighted by Gasteiger charge is 2.09. The van der Waals surface area contributed by atoms with Gasteiger partial charge in [-0.25, -0.2) is 0 Å². The van der Waals surface area contributed by atoms with Crippen molar-refractivity contribution in [1.82, 2.24) is 4.90 Å². The molecule has 0 saturated carbocycles. The molecule has 1 aromatic rings. The Morgan fingerprint density at radius 1 is 1.35 bits per heavy atom. The van der Waals surface area contributed by atoms with Gasteiger partial charge in [0, 0.05) is 31.9 Å². The lowest BCUT2D eigenvalue weighted by Gasteiger charge is -2.26. The number of morpholine rings is 1. The van der Waals surface area contributed by atoms with E-state index in [0.29, 0.717) is 0 Å². The normalized spacial score (nSPS) is 17.1. The van der Waals surface area contributed by atoms with Crippen LogP contribution in [0.15, 0.2) is 22.7 Å². The molecule has 0 unspecified atom stereocenters. The molecule has 0 spiro atoms. The van der Waals surface area contributed by atoms with Crippen molar-refractivity contribution in [3.05, 3.63) is 27.7 Å². The summed E-state index contributed by atoms with van der Waals surface area (Å²) in [5.41, 5.74) is 1.05. The van der Waals surface area contributed by atoms with Crippen LogP contribution in [0.4, 0.5) is 5.69 Å². The first-order valence-corrected chi connectivity index (χ1v) is 6.92. The summed E-state index contributed by atoms with van der Waals surface area (Å²) >= 11 is 9.51.